The predicted molar refractivity (Wildman–Crippen MR) is 74.1 cm³/mol. The molecule has 3 heterocycles. The van der Waals surface area contributed by atoms with E-state index in [0.717, 1.165) is 4.90 Å². The number of imide groups is 1. The maximum absolute atomic E-state index is 12.8. The number of hydrogen-bond acceptors (Lipinski definition) is 7. The van der Waals surface area contributed by atoms with Crippen LogP contribution in [-0.2, 0) is 23.7 Å². The predicted octanol–water partition coefficient (Wildman–Crippen LogP) is 0.451. The summed E-state index contributed by atoms with van der Waals surface area (Å²) in [5.74, 6) is -3.38. The fourth-order valence-electron chi connectivity index (χ4n) is 2.56. The van der Waals surface area contributed by atoms with Crippen LogP contribution in [0.25, 0.3) is 0 Å². The van der Waals surface area contributed by atoms with Crippen molar-refractivity contribution in [3.63, 3.8) is 0 Å². The van der Waals surface area contributed by atoms with Crippen LogP contribution in [0.5, 0.6) is 0 Å². The zero-order valence-electron chi connectivity index (χ0n) is 13.3. The fraction of sp³-hybridized carbons (Fsp3) is 0.643. The second kappa shape index (κ2) is 4.93. The van der Waals surface area contributed by atoms with Gasteiger partial charge in [-0.1, -0.05) is 0 Å². The van der Waals surface area contributed by atoms with E-state index in [0.29, 0.717) is 5.57 Å². The normalized spacial score (nSPS) is 32.1. The van der Waals surface area contributed by atoms with Gasteiger partial charge in [-0.25, -0.2) is 14.5 Å². The van der Waals surface area contributed by atoms with E-state index < -0.39 is 35.6 Å². The lowest BCUT2D eigenvalue weighted by Crippen LogP contribution is -2.59. The van der Waals surface area contributed by atoms with E-state index in [9.17, 15) is 14.4 Å². The number of fused-ring (bicyclic) bond motifs is 1. The molecule has 0 N–H and O–H groups in total. The van der Waals surface area contributed by atoms with E-state index in [2.05, 4.69) is 0 Å². The number of amides is 3. The number of carbonyl (C=O) groups excluding carboxylic acids is 3. The summed E-state index contributed by atoms with van der Waals surface area (Å²) in [7, 11) is 2.99. The third-order valence-corrected chi connectivity index (χ3v) is 3.77. The first-order valence-corrected chi connectivity index (χ1v) is 7.10. The Hall–Kier alpha value is -2.13. The van der Waals surface area contributed by atoms with Crippen LogP contribution in [0, 0.1) is 0 Å². The molecule has 3 aliphatic heterocycles. The molecule has 9 heteroatoms. The molecule has 3 amide bonds. The standard InChI is InChI=1S/C14H18N2O7/c1-13(2)20-5-8-6-21-14(10(17)9(8)22-13)7-16(12(19)23-14)11(18)15(3)4/h5,9H,6-7H2,1-4H3/t9-,14+/m1/s1. The summed E-state index contributed by atoms with van der Waals surface area (Å²) >= 11 is 0. The van der Waals surface area contributed by atoms with Gasteiger partial charge in [0.1, 0.15) is 6.54 Å². The molecule has 0 saturated carbocycles. The zero-order valence-corrected chi connectivity index (χ0v) is 13.3. The van der Waals surface area contributed by atoms with E-state index in [-0.39, 0.29) is 13.2 Å². The van der Waals surface area contributed by atoms with Gasteiger partial charge < -0.3 is 23.8 Å². The maximum Gasteiger partial charge on any atom is 0.421 e. The monoisotopic (exact) mass is 326 g/mol. The van der Waals surface area contributed by atoms with Crippen LogP contribution in [0.3, 0.4) is 0 Å². The van der Waals surface area contributed by atoms with Crippen molar-refractivity contribution >= 4 is 17.9 Å². The Labute approximate surface area is 132 Å². The Morgan fingerprint density at radius 2 is 2.04 bits per heavy atom. The number of ether oxygens (including phenoxy) is 4. The highest BCUT2D eigenvalue weighted by molar-refractivity contribution is 6.00. The number of urea groups is 1. The topological polar surface area (TPSA) is 94.6 Å². The van der Waals surface area contributed by atoms with Crippen LogP contribution in [-0.4, -0.2) is 72.6 Å². The average Bonchev–Trinajstić information content (AvgIpc) is 2.80. The summed E-state index contributed by atoms with van der Waals surface area (Å²) in [5, 5.41) is 0. The van der Waals surface area contributed by atoms with Gasteiger partial charge >= 0.3 is 12.1 Å². The van der Waals surface area contributed by atoms with Crippen LogP contribution < -0.4 is 0 Å². The SMILES string of the molecule is CN(C)C(=O)N1C[C@]2(OCC3=COC(C)(C)O[C@H]3C2=O)OC1=O. The molecule has 2 fully saturated rings. The molecule has 1 spiro atoms. The molecule has 23 heavy (non-hydrogen) atoms. The van der Waals surface area contributed by atoms with E-state index in [4.69, 9.17) is 18.9 Å². The Morgan fingerprint density at radius 1 is 1.35 bits per heavy atom. The lowest BCUT2D eigenvalue weighted by Gasteiger charge is -2.41. The molecule has 3 aliphatic rings. The summed E-state index contributed by atoms with van der Waals surface area (Å²) in [5.41, 5.74) is 0.508. The number of ketones is 1. The van der Waals surface area contributed by atoms with E-state index in [1.54, 1.807) is 13.8 Å². The van der Waals surface area contributed by atoms with Crippen molar-refractivity contribution in [1.29, 1.82) is 0 Å². The van der Waals surface area contributed by atoms with Crippen molar-refractivity contribution in [3.8, 4) is 0 Å². The molecule has 9 nitrogen and oxygen atoms in total. The highest BCUT2D eigenvalue weighted by Gasteiger charge is 2.61. The maximum atomic E-state index is 12.8. The molecular formula is C14H18N2O7. The second-order valence-corrected chi connectivity index (χ2v) is 6.25. The van der Waals surface area contributed by atoms with E-state index in [1.807, 2.05) is 0 Å². The van der Waals surface area contributed by atoms with Gasteiger partial charge in [-0.3, -0.25) is 4.79 Å². The molecule has 126 valence electrons. The van der Waals surface area contributed by atoms with Crippen LogP contribution in [0.4, 0.5) is 9.59 Å². The van der Waals surface area contributed by atoms with Crippen LogP contribution >= 0.6 is 0 Å². The van der Waals surface area contributed by atoms with Gasteiger partial charge in [-0.2, -0.15) is 0 Å². The first-order chi connectivity index (χ1) is 10.7. The average molecular weight is 326 g/mol. The molecule has 2 atom stereocenters. The lowest BCUT2D eigenvalue weighted by atomic mass is 9.96. The Balaban J connectivity index is 1.86. The van der Waals surface area contributed by atoms with Crippen molar-refractivity contribution in [3.05, 3.63) is 11.8 Å². The van der Waals surface area contributed by atoms with Crippen LogP contribution in [0.15, 0.2) is 11.8 Å². The Morgan fingerprint density at radius 3 is 2.70 bits per heavy atom. The molecule has 3 rings (SSSR count). The smallest absolute Gasteiger partial charge is 0.421 e. The molecular weight excluding hydrogens is 308 g/mol. The van der Waals surface area contributed by atoms with Crippen LogP contribution in [0.1, 0.15) is 13.8 Å². The minimum atomic E-state index is -1.84. The minimum absolute atomic E-state index is 0.00373. The fourth-order valence-corrected chi connectivity index (χ4v) is 2.56. The summed E-state index contributed by atoms with van der Waals surface area (Å²) < 4.78 is 21.6. The van der Waals surface area contributed by atoms with Gasteiger partial charge in [-0.15, -0.1) is 0 Å². The Bertz CT molecular complexity index is 612. The zero-order chi connectivity index (χ0) is 17.0. The first kappa shape index (κ1) is 15.8. The summed E-state index contributed by atoms with van der Waals surface area (Å²) in [6.07, 6.45) is -0.427. The summed E-state index contributed by atoms with van der Waals surface area (Å²) in [4.78, 5) is 38.8. The highest BCUT2D eigenvalue weighted by atomic mass is 16.8. The van der Waals surface area contributed by atoms with Crippen molar-refractivity contribution in [2.24, 2.45) is 0 Å². The minimum Gasteiger partial charge on any atom is -0.470 e. The van der Waals surface area contributed by atoms with E-state index >= 15 is 0 Å². The molecule has 0 aromatic rings. The number of carbonyl (C=O) groups is 3. The molecule has 2 saturated heterocycles. The third kappa shape index (κ3) is 2.45. The highest BCUT2D eigenvalue weighted by Crippen LogP contribution is 2.37. The van der Waals surface area contributed by atoms with Gasteiger partial charge in [0.15, 0.2) is 6.10 Å². The van der Waals surface area contributed by atoms with Gasteiger partial charge in [-0.05, 0) is 0 Å². The molecule has 0 radical (unpaired) electrons. The van der Waals surface area contributed by atoms with Gasteiger partial charge in [0, 0.05) is 33.5 Å². The summed E-state index contributed by atoms with van der Waals surface area (Å²) in [6, 6.07) is -0.585. The van der Waals surface area contributed by atoms with Gasteiger partial charge in [0.25, 0.3) is 5.79 Å². The number of Topliss-reactive ketones (excluding diaryl/α,β-unsaturated/α-hetero) is 1. The van der Waals surface area contributed by atoms with Crippen molar-refractivity contribution < 1.29 is 33.3 Å². The van der Waals surface area contributed by atoms with Gasteiger partial charge in [0.05, 0.1) is 12.9 Å². The largest absolute Gasteiger partial charge is 0.470 e. The number of nitrogens with zero attached hydrogens (tertiary/aromatic N) is 2. The quantitative estimate of drug-likeness (QED) is 0.638. The lowest BCUT2D eigenvalue weighted by molar-refractivity contribution is -0.251. The number of hydrogen-bond donors (Lipinski definition) is 0. The van der Waals surface area contributed by atoms with E-state index in [1.165, 1.54) is 25.3 Å². The third-order valence-electron chi connectivity index (χ3n) is 3.77. The van der Waals surface area contributed by atoms with Crippen LogP contribution in [0.2, 0.25) is 0 Å². The van der Waals surface area contributed by atoms with Crippen molar-refractivity contribution in [2.75, 3.05) is 27.2 Å². The van der Waals surface area contributed by atoms with Crippen molar-refractivity contribution in [1.82, 2.24) is 9.80 Å². The first-order valence-electron chi connectivity index (χ1n) is 7.10. The summed E-state index contributed by atoms with van der Waals surface area (Å²) in [6.45, 7) is 3.02. The number of rotatable bonds is 0. The van der Waals surface area contributed by atoms with Crippen molar-refractivity contribution in [2.45, 2.75) is 31.5 Å². The molecule has 0 aromatic carbocycles. The molecule has 0 unspecified atom stereocenters. The van der Waals surface area contributed by atoms with Gasteiger partial charge in [0.2, 0.25) is 11.6 Å². The second-order valence-electron chi connectivity index (χ2n) is 6.25. The molecule has 0 bridgehead atoms. The molecule has 0 aliphatic carbocycles. The Kier molecular flexibility index (Phi) is 3.38. The molecule has 0 aromatic heterocycles.